The van der Waals surface area contributed by atoms with Crippen LogP contribution in [-0.2, 0) is 16.0 Å². The van der Waals surface area contributed by atoms with Crippen molar-refractivity contribution in [3.63, 3.8) is 0 Å². The van der Waals surface area contributed by atoms with Crippen molar-refractivity contribution in [1.82, 2.24) is 0 Å². The van der Waals surface area contributed by atoms with E-state index in [1.165, 1.54) is 31.4 Å². The van der Waals surface area contributed by atoms with E-state index in [1.54, 1.807) is 0 Å². The molecule has 0 saturated carbocycles. The summed E-state index contributed by atoms with van der Waals surface area (Å²) in [6, 6.07) is 13.9. The van der Waals surface area contributed by atoms with Crippen molar-refractivity contribution in [3.05, 3.63) is 48.0 Å². The number of nitrogens with zero attached hydrogens (tertiary/aromatic N) is 1. The molecule has 4 rings (SSSR count). The molecular formula is C25H31N3O3. The molecule has 2 heterocycles. The van der Waals surface area contributed by atoms with Crippen LogP contribution in [0.3, 0.4) is 0 Å². The van der Waals surface area contributed by atoms with Gasteiger partial charge in [0.2, 0.25) is 11.8 Å². The summed E-state index contributed by atoms with van der Waals surface area (Å²) in [4.78, 5) is 26.1. The second kappa shape index (κ2) is 10.3. The molecule has 2 aliphatic heterocycles. The van der Waals surface area contributed by atoms with Crippen molar-refractivity contribution in [2.45, 2.75) is 51.4 Å². The summed E-state index contributed by atoms with van der Waals surface area (Å²) < 4.78 is 5.79. The predicted octanol–water partition coefficient (Wildman–Crippen LogP) is 4.75. The predicted molar refractivity (Wildman–Crippen MR) is 124 cm³/mol. The fraction of sp³-hybridized carbons (Fsp3) is 0.440. The third-order valence-corrected chi connectivity index (χ3v) is 5.91. The van der Waals surface area contributed by atoms with Crippen LogP contribution in [0.4, 0.5) is 17.1 Å². The van der Waals surface area contributed by atoms with Gasteiger partial charge < -0.3 is 20.3 Å². The molecule has 1 fully saturated rings. The minimum atomic E-state index is -0.000671. The lowest BCUT2D eigenvalue weighted by molar-refractivity contribution is -0.117. The first-order chi connectivity index (χ1) is 15.2. The van der Waals surface area contributed by atoms with E-state index in [1.807, 2.05) is 30.3 Å². The number of benzene rings is 2. The van der Waals surface area contributed by atoms with Gasteiger partial charge in [0.25, 0.3) is 0 Å². The van der Waals surface area contributed by atoms with E-state index in [2.05, 4.69) is 27.7 Å². The van der Waals surface area contributed by atoms with Crippen LogP contribution in [-0.4, -0.2) is 31.5 Å². The third-order valence-electron chi connectivity index (χ3n) is 5.91. The molecule has 0 spiro atoms. The molecule has 6 nitrogen and oxygen atoms in total. The Morgan fingerprint density at radius 1 is 1.00 bits per heavy atom. The Kier molecular flexibility index (Phi) is 7.07. The minimum absolute atomic E-state index is 0.000671. The molecule has 0 unspecified atom stereocenters. The van der Waals surface area contributed by atoms with Crippen molar-refractivity contribution < 1.29 is 14.3 Å². The Balaban J connectivity index is 1.19. The first-order valence-corrected chi connectivity index (χ1v) is 11.4. The molecule has 0 aromatic heterocycles. The maximum Gasteiger partial charge on any atom is 0.224 e. The first kappa shape index (κ1) is 21.2. The van der Waals surface area contributed by atoms with E-state index in [9.17, 15) is 9.59 Å². The van der Waals surface area contributed by atoms with E-state index in [4.69, 9.17) is 4.74 Å². The van der Waals surface area contributed by atoms with Crippen LogP contribution in [0.25, 0.3) is 0 Å². The zero-order valence-electron chi connectivity index (χ0n) is 18.0. The van der Waals surface area contributed by atoms with Crippen LogP contribution in [0.2, 0.25) is 0 Å². The third kappa shape index (κ3) is 6.00. The van der Waals surface area contributed by atoms with Crippen LogP contribution in [0.15, 0.2) is 42.5 Å². The number of hydrogen-bond donors (Lipinski definition) is 2. The van der Waals surface area contributed by atoms with Gasteiger partial charge in [0, 0.05) is 43.0 Å². The van der Waals surface area contributed by atoms with E-state index in [0.29, 0.717) is 25.9 Å². The van der Waals surface area contributed by atoms with Crippen molar-refractivity contribution >= 4 is 28.9 Å². The monoisotopic (exact) mass is 421 g/mol. The summed E-state index contributed by atoms with van der Waals surface area (Å²) >= 11 is 0. The van der Waals surface area contributed by atoms with Gasteiger partial charge in [-0.2, -0.15) is 0 Å². The highest BCUT2D eigenvalue weighted by Gasteiger charge is 2.15. The molecule has 31 heavy (non-hydrogen) atoms. The van der Waals surface area contributed by atoms with E-state index >= 15 is 0 Å². The standard InChI is InChI=1S/C25H31N3O3/c29-24(26-20-8-10-21(11-9-20)28-15-3-1-2-4-16-28)6-5-17-31-22-12-13-23-19(18-22)7-14-25(30)27-23/h8-13,18H,1-7,14-17H2,(H,26,29)(H,27,30). The average Bonchev–Trinajstić information content (AvgIpc) is 3.07. The van der Waals surface area contributed by atoms with Crippen molar-refractivity contribution in [1.29, 1.82) is 0 Å². The van der Waals surface area contributed by atoms with Crippen LogP contribution in [0.5, 0.6) is 5.75 Å². The number of carbonyl (C=O) groups excluding carboxylic acids is 2. The smallest absolute Gasteiger partial charge is 0.224 e. The lowest BCUT2D eigenvalue weighted by Gasteiger charge is -2.22. The molecule has 2 aromatic carbocycles. The topological polar surface area (TPSA) is 70.7 Å². The number of hydrogen-bond acceptors (Lipinski definition) is 4. The maximum absolute atomic E-state index is 12.3. The van der Waals surface area contributed by atoms with Gasteiger partial charge in [-0.1, -0.05) is 12.8 Å². The Hall–Kier alpha value is -3.02. The van der Waals surface area contributed by atoms with Crippen molar-refractivity contribution in [2.75, 3.05) is 35.2 Å². The lowest BCUT2D eigenvalue weighted by atomic mass is 10.0. The van der Waals surface area contributed by atoms with Gasteiger partial charge in [0.05, 0.1) is 6.61 Å². The molecule has 0 aliphatic carbocycles. The van der Waals surface area contributed by atoms with E-state index < -0.39 is 0 Å². The number of carbonyl (C=O) groups is 2. The van der Waals surface area contributed by atoms with Gasteiger partial charge in [-0.25, -0.2) is 0 Å². The molecule has 0 atom stereocenters. The molecule has 6 heteroatoms. The second-order valence-corrected chi connectivity index (χ2v) is 8.32. The number of fused-ring (bicyclic) bond motifs is 1. The van der Waals surface area contributed by atoms with E-state index in [0.717, 1.165) is 42.2 Å². The van der Waals surface area contributed by atoms with Gasteiger partial charge in [-0.3, -0.25) is 9.59 Å². The first-order valence-electron chi connectivity index (χ1n) is 11.4. The van der Waals surface area contributed by atoms with E-state index in [-0.39, 0.29) is 11.8 Å². The summed E-state index contributed by atoms with van der Waals surface area (Å²) in [5.74, 6) is 0.836. The largest absolute Gasteiger partial charge is 0.494 e. The van der Waals surface area contributed by atoms with Gasteiger partial charge in [-0.15, -0.1) is 0 Å². The molecular weight excluding hydrogens is 390 g/mol. The number of ether oxygens (including phenoxy) is 1. The summed E-state index contributed by atoms with van der Waals surface area (Å²) in [7, 11) is 0. The Morgan fingerprint density at radius 3 is 2.55 bits per heavy atom. The molecule has 0 radical (unpaired) electrons. The zero-order valence-corrected chi connectivity index (χ0v) is 18.0. The quantitative estimate of drug-likeness (QED) is 0.633. The number of anilines is 3. The fourth-order valence-electron chi connectivity index (χ4n) is 4.18. The Morgan fingerprint density at radius 2 is 1.77 bits per heavy atom. The van der Waals surface area contributed by atoms with Gasteiger partial charge in [0.1, 0.15) is 5.75 Å². The highest BCUT2D eigenvalue weighted by atomic mass is 16.5. The molecule has 1 saturated heterocycles. The number of aryl methyl sites for hydroxylation is 1. The van der Waals surface area contributed by atoms with Crippen LogP contribution >= 0.6 is 0 Å². The zero-order chi connectivity index (χ0) is 21.5. The summed E-state index contributed by atoms with van der Waals surface area (Å²) in [6.07, 6.45) is 7.44. The van der Waals surface area contributed by atoms with Crippen molar-refractivity contribution in [2.24, 2.45) is 0 Å². The normalized spacial score (nSPS) is 16.1. The molecule has 2 aliphatic rings. The average molecular weight is 422 g/mol. The SMILES string of the molecule is O=C(CCCOc1ccc2c(c1)CCC(=O)N2)Nc1ccc(N2CCCCCC2)cc1. The maximum atomic E-state index is 12.3. The minimum Gasteiger partial charge on any atom is -0.494 e. The van der Waals surface area contributed by atoms with Gasteiger partial charge in [-0.05, 0) is 73.7 Å². The lowest BCUT2D eigenvalue weighted by Crippen LogP contribution is -2.23. The number of rotatable bonds is 7. The molecule has 164 valence electrons. The molecule has 2 amide bonds. The molecule has 2 N–H and O–H groups in total. The Labute approximate surface area is 184 Å². The van der Waals surface area contributed by atoms with Crippen molar-refractivity contribution in [3.8, 4) is 5.75 Å². The molecule has 0 bridgehead atoms. The summed E-state index contributed by atoms with van der Waals surface area (Å²) in [5.41, 5.74) is 4.03. The molecule has 2 aromatic rings. The summed E-state index contributed by atoms with van der Waals surface area (Å²) in [5, 5.41) is 5.84. The van der Waals surface area contributed by atoms with Gasteiger partial charge >= 0.3 is 0 Å². The Bertz CT molecular complexity index is 903. The fourth-order valence-corrected chi connectivity index (χ4v) is 4.18. The van der Waals surface area contributed by atoms with Crippen LogP contribution in [0.1, 0.15) is 50.5 Å². The highest BCUT2D eigenvalue weighted by Crippen LogP contribution is 2.27. The van der Waals surface area contributed by atoms with Crippen LogP contribution in [0, 0.1) is 0 Å². The number of nitrogens with one attached hydrogen (secondary N) is 2. The second-order valence-electron chi connectivity index (χ2n) is 8.32. The number of amides is 2. The van der Waals surface area contributed by atoms with Crippen LogP contribution < -0.4 is 20.3 Å². The van der Waals surface area contributed by atoms with Gasteiger partial charge in [0.15, 0.2) is 0 Å². The highest BCUT2D eigenvalue weighted by molar-refractivity contribution is 5.94. The summed E-state index contributed by atoms with van der Waals surface area (Å²) in [6.45, 7) is 2.71.